The third-order valence-corrected chi connectivity index (χ3v) is 4.16. The Morgan fingerprint density at radius 2 is 1.73 bits per heavy atom. The molecule has 0 aliphatic heterocycles. The molecule has 9 heteroatoms. The Morgan fingerprint density at radius 1 is 1.03 bits per heavy atom. The molecular weight excluding hydrogens is 382 g/mol. The third-order valence-electron chi connectivity index (χ3n) is 4.16. The number of para-hydroxylation sites is 1. The van der Waals surface area contributed by atoms with Crippen LogP contribution < -0.4 is 11.1 Å². The number of hydrogen-bond donors (Lipinski definition) is 2. The van der Waals surface area contributed by atoms with Gasteiger partial charge in [0.05, 0.1) is 0 Å². The number of hydrogen-bond acceptors (Lipinski definition) is 8. The minimum Gasteiger partial charge on any atom is -0.454 e. The van der Waals surface area contributed by atoms with Crippen LogP contribution in [0.2, 0.25) is 0 Å². The predicted octanol–water partition coefficient (Wildman–Crippen LogP) is 2.95. The summed E-state index contributed by atoms with van der Waals surface area (Å²) in [5.74, 6) is 0.00451. The summed E-state index contributed by atoms with van der Waals surface area (Å²) >= 11 is 0. The fourth-order valence-electron chi connectivity index (χ4n) is 2.86. The highest BCUT2D eigenvalue weighted by atomic mass is 16.5. The summed E-state index contributed by atoms with van der Waals surface area (Å²) in [5.41, 5.74) is 8.30. The van der Waals surface area contributed by atoms with E-state index in [-0.39, 0.29) is 24.3 Å². The second-order valence-corrected chi connectivity index (χ2v) is 6.43. The largest absolute Gasteiger partial charge is 0.454 e. The van der Waals surface area contributed by atoms with Crippen molar-refractivity contribution in [2.24, 2.45) is 7.05 Å². The van der Waals surface area contributed by atoms with Crippen molar-refractivity contribution >= 4 is 23.6 Å². The van der Waals surface area contributed by atoms with Gasteiger partial charge in [-0.2, -0.15) is 20.1 Å². The summed E-state index contributed by atoms with van der Waals surface area (Å²) in [6.07, 6.45) is 1.62. The maximum Gasteiger partial charge on any atom is 0.342 e. The van der Waals surface area contributed by atoms with Gasteiger partial charge in [0.2, 0.25) is 11.9 Å². The molecule has 0 fully saturated rings. The summed E-state index contributed by atoms with van der Waals surface area (Å²) in [6, 6.07) is 18.8. The zero-order valence-electron chi connectivity index (χ0n) is 16.2. The number of ether oxygens (including phenoxy) is 1. The van der Waals surface area contributed by atoms with Crippen LogP contribution in [0.25, 0.3) is 11.3 Å². The first-order valence-corrected chi connectivity index (χ1v) is 9.17. The number of aryl methyl sites for hydroxylation is 1. The fraction of sp³-hybridized carbons (Fsp3) is 0.0952. The molecule has 150 valence electrons. The smallest absolute Gasteiger partial charge is 0.342 e. The molecule has 0 spiro atoms. The van der Waals surface area contributed by atoms with Gasteiger partial charge in [-0.05, 0) is 12.1 Å². The van der Waals surface area contributed by atoms with E-state index in [1.54, 1.807) is 17.9 Å². The van der Waals surface area contributed by atoms with Gasteiger partial charge in [0.25, 0.3) is 0 Å². The van der Waals surface area contributed by atoms with Gasteiger partial charge in [0, 0.05) is 24.5 Å². The lowest BCUT2D eigenvalue weighted by Crippen LogP contribution is -2.11. The number of esters is 1. The lowest BCUT2D eigenvalue weighted by atomic mass is 10.1. The van der Waals surface area contributed by atoms with Crippen LogP contribution in [0.4, 0.5) is 17.6 Å². The number of aromatic nitrogens is 5. The Morgan fingerprint density at radius 3 is 2.47 bits per heavy atom. The molecule has 0 aliphatic carbocycles. The first-order chi connectivity index (χ1) is 14.6. The van der Waals surface area contributed by atoms with Crippen molar-refractivity contribution in [2.75, 3.05) is 11.1 Å². The second-order valence-electron chi connectivity index (χ2n) is 6.43. The van der Waals surface area contributed by atoms with Gasteiger partial charge in [-0.3, -0.25) is 4.68 Å². The minimum atomic E-state index is -0.529. The average molecular weight is 401 g/mol. The molecule has 30 heavy (non-hydrogen) atoms. The summed E-state index contributed by atoms with van der Waals surface area (Å²) in [5, 5.41) is 7.42. The maximum atomic E-state index is 12.7. The highest BCUT2D eigenvalue weighted by Gasteiger charge is 2.19. The predicted molar refractivity (Wildman–Crippen MR) is 112 cm³/mol. The van der Waals surface area contributed by atoms with Gasteiger partial charge < -0.3 is 15.8 Å². The Kier molecular flexibility index (Phi) is 5.33. The summed E-state index contributed by atoms with van der Waals surface area (Å²) in [6.45, 7) is -0.155. The van der Waals surface area contributed by atoms with Crippen LogP contribution in [-0.4, -0.2) is 30.7 Å². The van der Waals surface area contributed by atoms with Gasteiger partial charge in [0.1, 0.15) is 11.3 Å². The maximum absolute atomic E-state index is 12.7. The molecular formula is C21H19N7O2. The fourth-order valence-corrected chi connectivity index (χ4v) is 2.86. The van der Waals surface area contributed by atoms with Crippen molar-refractivity contribution in [1.29, 1.82) is 0 Å². The average Bonchev–Trinajstić information content (AvgIpc) is 3.15. The number of anilines is 3. The quantitative estimate of drug-likeness (QED) is 0.473. The second kappa shape index (κ2) is 8.39. The van der Waals surface area contributed by atoms with Crippen molar-refractivity contribution in [3.63, 3.8) is 0 Å². The Labute approximate surface area is 172 Å². The molecule has 4 aromatic rings. The first-order valence-electron chi connectivity index (χ1n) is 9.17. The highest BCUT2D eigenvalue weighted by molar-refractivity contribution is 5.95. The standard InChI is InChI=1S/C21H19N7O2/c1-28-12-16(18(27-28)14-8-4-2-5-9-14)19(29)30-13-17-24-20(22)26-21(25-17)23-15-10-6-3-7-11-15/h2-12H,13H2,1H3,(H3,22,23,24,25,26). The lowest BCUT2D eigenvalue weighted by Gasteiger charge is -2.08. The number of nitrogens with one attached hydrogen (secondary N) is 1. The Balaban J connectivity index is 1.50. The number of benzene rings is 2. The first kappa shape index (κ1) is 19.1. The molecule has 2 heterocycles. The molecule has 0 amide bonds. The van der Waals surface area contributed by atoms with Crippen molar-refractivity contribution in [2.45, 2.75) is 6.61 Å². The molecule has 0 unspecified atom stereocenters. The van der Waals surface area contributed by atoms with E-state index in [1.807, 2.05) is 60.7 Å². The van der Waals surface area contributed by atoms with Crippen molar-refractivity contribution in [1.82, 2.24) is 24.7 Å². The van der Waals surface area contributed by atoms with Gasteiger partial charge in [-0.25, -0.2) is 4.79 Å². The molecule has 0 aliphatic rings. The lowest BCUT2D eigenvalue weighted by molar-refractivity contribution is 0.0463. The molecule has 0 saturated heterocycles. The molecule has 4 rings (SSSR count). The molecule has 2 aromatic heterocycles. The highest BCUT2D eigenvalue weighted by Crippen LogP contribution is 2.22. The van der Waals surface area contributed by atoms with Gasteiger partial charge in [-0.1, -0.05) is 48.5 Å². The van der Waals surface area contributed by atoms with Gasteiger partial charge in [0.15, 0.2) is 12.4 Å². The Bertz CT molecular complexity index is 1160. The molecule has 9 nitrogen and oxygen atoms in total. The van der Waals surface area contributed by atoms with Crippen LogP contribution in [0.5, 0.6) is 0 Å². The van der Waals surface area contributed by atoms with E-state index >= 15 is 0 Å². The number of nitrogens with zero attached hydrogens (tertiary/aromatic N) is 5. The van der Waals surface area contributed by atoms with Crippen LogP contribution in [0.15, 0.2) is 66.9 Å². The number of rotatable bonds is 6. The van der Waals surface area contributed by atoms with Gasteiger partial charge in [-0.15, -0.1) is 0 Å². The van der Waals surface area contributed by atoms with E-state index in [2.05, 4.69) is 25.4 Å². The molecule has 0 saturated carbocycles. The molecule has 0 radical (unpaired) electrons. The molecule has 0 bridgehead atoms. The van der Waals surface area contributed by atoms with E-state index < -0.39 is 5.97 Å². The topological polar surface area (TPSA) is 121 Å². The third kappa shape index (κ3) is 4.41. The van der Waals surface area contributed by atoms with Crippen molar-refractivity contribution in [3.8, 4) is 11.3 Å². The van der Waals surface area contributed by atoms with E-state index in [1.165, 1.54) is 0 Å². The summed E-state index contributed by atoms with van der Waals surface area (Å²) in [4.78, 5) is 25.1. The van der Waals surface area contributed by atoms with E-state index in [9.17, 15) is 4.79 Å². The van der Waals surface area contributed by atoms with Crippen molar-refractivity contribution in [3.05, 3.63) is 78.2 Å². The summed E-state index contributed by atoms with van der Waals surface area (Å²) in [7, 11) is 1.75. The Hall–Kier alpha value is -4.27. The van der Waals surface area contributed by atoms with E-state index in [0.29, 0.717) is 11.3 Å². The van der Waals surface area contributed by atoms with Crippen LogP contribution in [0, 0.1) is 0 Å². The number of carbonyl (C=O) groups is 1. The normalized spacial score (nSPS) is 10.6. The summed E-state index contributed by atoms with van der Waals surface area (Å²) < 4.78 is 6.99. The SMILES string of the molecule is Cn1cc(C(=O)OCc2nc(N)nc(Nc3ccccc3)n2)c(-c2ccccc2)n1. The molecule has 2 aromatic carbocycles. The van der Waals surface area contributed by atoms with E-state index in [4.69, 9.17) is 10.5 Å². The zero-order chi connectivity index (χ0) is 20.9. The van der Waals surface area contributed by atoms with Gasteiger partial charge >= 0.3 is 5.97 Å². The van der Waals surface area contributed by atoms with Crippen molar-refractivity contribution < 1.29 is 9.53 Å². The molecule has 0 atom stereocenters. The number of nitrogen functional groups attached to an aromatic ring is 1. The van der Waals surface area contributed by atoms with Crippen LogP contribution >= 0.6 is 0 Å². The van der Waals surface area contributed by atoms with Crippen LogP contribution in [-0.2, 0) is 18.4 Å². The van der Waals surface area contributed by atoms with E-state index in [0.717, 1.165) is 11.3 Å². The zero-order valence-corrected chi connectivity index (χ0v) is 16.2. The number of nitrogens with two attached hydrogens (primary N) is 1. The number of carbonyl (C=O) groups excluding carboxylic acids is 1. The van der Waals surface area contributed by atoms with Crippen LogP contribution in [0.3, 0.4) is 0 Å². The van der Waals surface area contributed by atoms with Crippen LogP contribution in [0.1, 0.15) is 16.2 Å². The minimum absolute atomic E-state index is 0.0285. The molecule has 3 N–H and O–H groups in total. The monoisotopic (exact) mass is 401 g/mol.